The first-order valence-electron chi connectivity index (χ1n) is 10.2. The zero-order valence-corrected chi connectivity index (χ0v) is 17.5. The van der Waals surface area contributed by atoms with E-state index in [0.29, 0.717) is 25.2 Å². The summed E-state index contributed by atoms with van der Waals surface area (Å²) in [6.07, 6.45) is 4.54. The Kier molecular flexibility index (Phi) is 9.28. The van der Waals surface area contributed by atoms with Gasteiger partial charge in [-0.05, 0) is 49.8 Å². The van der Waals surface area contributed by atoms with E-state index in [1.54, 1.807) is 7.11 Å². The van der Waals surface area contributed by atoms with E-state index in [4.69, 9.17) is 4.74 Å². The first-order chi connectivity index (χ1) is 13.5. The summed E-state index contributed by atoms with van der Waals surface area (Å²) in [5.41, 5.74) is 1.24. The smallest absolute Gasteiger partial charge is 0.305 e. The molecule has 28 heavy (non-hydrogen) atoms. The Hall–Kier alpha value is -2.08. The van der Waals surface area contributed by atoms with E-state index in [9.17, 15) is 9.59 Å². The van der Waals surface area contributed by atoms with Crippen LogP contribution in [0.4, 0.5) is 0 Å². The van der Waals surface area contributed by atoms with Crippen molar-refractivity contribution < 1.29 is 19.1 Å². The van der Waals surface area contributed by atoms with E-state index in [0.717, 1.165) is 44.8 Å². The molecule has 0 radical (unpaired) electrons. The molecule has 1 aliphatic heterocycles. The van der Waals surface area contributed by atoms with Gasteiger partial charge in [0.1, 0.15) is 5.75 Å². The van der Waals surface area contributed by atoms with Gasteiger partial charge in [0.25, 0.3) is 0 Å². The predicted octanol–water partition coefficient (Wildman–Crippen LogP) is 2.75. The molecular formula is C22H34N2O4. The van der Waals surface area contributed by atoms with Crippen LogP contribution in [-0.2, 0) is 20.7 Å². The molecule has 1 aromatic rings. The third-order valence-corrected chi connectivity index (χ3v) is 5.45. The van der Waals surface area contributed by atoms with E-state index in [1.807, 2.05) is 24.1 Å². The molecule has 156 valence electrons. The maximum Gasteiger partial charge on any atom is 0.305 e. The molecule has 0 N–H and O–H groups in total. The molecular weight excluding hydrogens is 356 g/mol. The fourth-order valence-electron chi connectivity index (χ4n) is 3.86. The van der Waals surface area contributed by atoms with Crippen LogP contribution in [0.1, 0.15) is 37.7 Å². The van der Waals surface area contributed by atoms with E-state index < -0.39 is 0 Å². The molecule has 0 spiro atoms. The Morgan fingerprint density at radius 1 is 1.21 bits per heavy atom. The Labute approximate surface area is 168 Å². The number of methoxy groups -OCH3 is 2. The SMILES string of the molecule is COC(=O)CCCC(=O)N(C)C[C@@H]1CCCN(CCc2ccccc2OC)C1. The minimum absolute atomic E-state index is 0.107. The summed E-state index contributed by atoms with van der Waals surface area (Å²) in [4.78, 5) is 27.8. The van der Waals surface area contributed by atoms with E-state index >= 15 is 0 Å². The summed E-state index contributed by atoms with van der Waals surface area (Å²) in [6.45, 7) is 3.92. The Morgan fingerprint density at radius 2 is 2.00 bits per heavy atom. The van der Waals surface area contributed by atoms with Crippen LogP contribution >= 0.6 is 0 Å². The molecule has 1 saturated heterocycles. The van der Waals surface area contributed by atoms with Gasteiger partial charge < -0.3 is 19.3 Å². The highest BCUT2D eigenvalue weighted by Gasteiger charge is 2.22. The summed E-state index contributed by atoms with van der Waals surface area (Å²) in [6, 6.07) is 8.19. The van der Waals surface area contributed by atoms with Gasteiger partial charge in [-0.2, -0.15) is 0 Å². The molecule has 1 atom stereocenters. The molecule has 6 nitrogen and oxygen atoms in total. The summed E-state index contributed by atoms with van der Waals surface area (Å²) in [7, 11) is 4.96. The molecule has 1 aromatic carbocycles. The number of hydrogen-bond acceptors (Lipinski definition) is 5. The first-order valence-corrected chi connectivity index (χ1v) is 10.2. The molecule has 1 heterocycles. The maximum absolute atomic E-state index is 12.3. The zero-order chi connectivity index (χ0) is 20.4. The standard InChI is InChI=1S/C22H34N2O4/c1-23(21(25)11-6-12-22(26)28-3)16-18-8-7-14-24(17-18)15-13-19-9-4-5-10-20(19)27-2/h4-5,9-10,18H,6-8,11-17H2,1-3H3/t18-/m0/s1. The highest BCUT2D eigenvalue weighted by atomic mass is 16.5. The number of carbonyl (C=O) groups is 2. The van der Waals surface area contributed by atoms with Crippen LogP contribution < -0.4 is 4.74 Å². The van der Waals surface area contributed by atoms with Crippen LogP contribution in [0.15, 0.2) is 24.3 Å². The van der Waals surface area contributed by atoms with Gasteiger partial charge in [0.05, 0.1) is 14.2 Å². The number of rotatable bonds is 10. The van der Waals surface area contributed by atoms with Gasteiger partial charge in [-0.25, -0.2) is 0 Å². The fourth-order valence-corrected chi connectivity index (χ4v) is 3.86. The van der Waals surface area contributed by atoms with Crippen LogP contribution in [0.3, 0.4) is 0 Å². The predicted molar refractivity (Wildman–Crippen MR) is 109 cm³/mol. The fraction of sp³-hybridized carbons (Fsp3) is 0.636. The second-order valence-corrected chi connectivity index (χ2v) is 7.57. The Balaban J connectivity index is 1.74. The molecule has 1 fully saturated rings. The van der Waals surface area contributed by atoms with Gasteiger partial charge in [0.2, 0.25) is 5.91 Å². The van der Waals surface area contributed by atoms with Crippen molar-refractivity contribution in [2.45, 2.75) is 38.5 Å². The molecule has 1 amide bonds. The molecule has 2 rings (SSSR count). The summed E-state index contributed by atoms with van der Waals surface area (Å²) in [5.74, 6) is 1.30. The molecule has 0 aromatic heterocycles. The third kappa shape index (κ3) is 7.15. The van der Waals surface area contributed by atoms with Gasteiger partial charge in [0, 0.05) is 39.5 Å². The van der Waals surface area contributed by atoms with Crippen molar-refractivity contribution in [3.8, 4) is 5.75 Å². The highest BCUT2D eigenvalue weighted by Crippen LogP contribution is 2.21. The van der Waals surface area contributed by atoms with Crippen LogP contribution in [-0.4, -0.2) is 69.1 Å². The molecule has 0 saturated carbocycles. The number of carbonyl (C=O) groups excluding carboxylic acids is 2. The van der Waals surface area contributed by atoms with Gasteiger partial charge in [-0.3, -0.25) is 9.59 Å². The second-order valence-electron chi connectivity index (χ2n) is 7.57. The summed E-state index contributed by atoms with van der Waals surface area (Å²) >= 11 is 0. The van der Waals surface area contributed by atoms with Gasteiger partial charge >= 0.3 is 5.97 Å². The van der Waals surface area contributed by atoms with Crippen LogP contribution in [0.5, 0.6) is 5.75 Å². The Bertz CT molecular complexity index is 635. The molecule has 0 aliphatic carbocycles. The number of amides is 1. The lowest BCUT2D eigenvalue weighted by atomic mass is 9.97. The van der Waals surface area contributed by atoms with E-state index in [1.165, 1.54) is 19.1 Å². The third-order valence-electron chi connectivity index (χ3n) is 5.45. The number of likely N-dealkylation sites (tertiary alicyclic amines) is 1. The lowest BCUT2D eigenvalue weighted by molar-refractivity contribution is -0.140. The number of benzene rings is 1. The minimum Gasteiger partial charge on any atom is -0.496 e. The molecule has 0 unspecified atom stereocenters. The monoisotopic (exact) mass is 390 g/mol. The Morgan fingerprint density at radius 3 is 2.75 bits per heavy atom. The number of hydrogen-bond donors (Lipinski definition) is 0. The van der Waals surface area contributed by atoms with Crippen molar-refractivity contribution in [2.75, 3.05) is 47.4 Å². The quantitative estimate of drug-likeness (QED) is 0.575. The molecule has 1 aliphatic rings. The number of piperidine rings is 1. The van der Waals surface area contributed by atoms with Gasteiger partial charge in [-0.1, -0.05) is 18.2 Å². The van der Waals surface area contributed by atoms with Crippen molar-refractivity contribution in [2.24, 2.45) is 5.92 Å². The van der Waals surface area contributed by atoms with Crippen LogP contribution in [0.2, 0.25) is 0 Å². The van der Waals surface area contributed by atoms with Crippen LogP contribution in [0.25, 0.3) is 0 Å². The normalized spacial score (nSPS) is 17.2. The van der Waals surface area contributed by atoms with E-state index in [-0.39, 0.29) is 11.9 Å². The summed E-state index contributed by atoms with van der Waals surface area (Å²) < 4.78 is 10.1. The summed E-state index contributed by atoms with van der Waals surface area (Å²) in [5, 5.41) is 0. The topological polar surface area (TPSA) is 59.1 Å². The van der Waals surface area contributed by atoms with Crippen LogP contribution in [0, 0.1) is 5.92 Å². The zero-order valence-electron chi connectivity index (χ0n) is 17.5. The van der Waals surface area contributed by atoms with Crippen molar-refractivity contribution in [3.63, 3.8) is 0 Å². The lowest BCUT2D eigenvalue weighted by Gasteiger charge is -2.35. The van der Waals surface area contributed by atoms with Crippen molar-refractivity contribution >= 4 is 11.9 Å². The lowest BCUT2D eigenvalue weighted by Crippen LogP contribution is -2.42. The number of nitrogens with zero attached hydrogens (tertiary/aromatic N) is 2. The van der Waals surface area contributed by atoms with Gasteiger partial charge in [-0.15, -0.1) is 0 Å². The van der Waals surface area contributed by atoms with E-state index in [2.05, 4.69) is 21.8 Å². The second kappa shape index (κ2) is 11.7. The molecule has 6 heteroatoms. The highest BCUT2D eigenvalue weighted by molar-refractivity contribution is 5.77. The number of ether oxygens (including phenoxy) is 2. The average molecular weight is 391 g/mol. The van der Waals surface area contributed by atoms with Gasteiger partial charge in [0.15, 0.2) is 0 Å². The van der Waals surface area contributed by atoms with Crippen molar-refractivity contribution in [1.82, 2.24) is 9.80 Å². The maximum atomic E-state index is 12.3. The van der Waals surface area contributed by atoms with Crippen molar-refractivity contribution in [1.29, 1.82) is 0 Å². The minimum atomic E-state index is -0.256. The number of para-hydroxylation sites is 1. The largest absolute Gasteiger partial charge is 0.496 e. The first kappa shape index (κ1) is 22.2. The molecule has 0 bridgehead atoms. The number of esters is 1. The average Bonchev–Trinajstić information content (AvgIpc) is 2.72. The van der Waals surface area contributed by atoms with Crippen molar-refractivity contribution in [3.05, 3.63) is 29.8 Å².